The molecule has 0 heterocycles. The van der Waals surface area contributed by atoms with Gasteiger partial charge < -0.3 is 10.2 Å². The fraction of sp³-hybridized carbons (Fsp3) is 1.00. The minimum absolute atomic E-state index is 0.0547. The van der Waals surface area contributed by atoms with E-state index < -0.39 is 6.10 Å². The molecule has 0 aliphatic heterocycles. The van der Waals surface area contributed by atoms with Crippen LogP contribution in [0.15, 0.2) is 0 Å². The molecule has 2 heteroatoms. The molecule has 0 aromatic heterocycles. The second-order valence-corrected chi connectivity index (χ2v) is 9.88. The SMILES string of the molecule is C[C@]12CCCC[C@@H]1CC[C@H]1[C@H]2CC[C@]2(C)[C@@H]([C@@H](O)CO)CC[C@@H]12. The molecule has 4 aliphatic rings. The summed E-state index contributed by atoms with van der Waals surface area (Å²) in [5.74, 6) is 3.94. The molecule has 0 unspecified atom stereocenters. The third-order valence-electron chi connectivity index (χ3n) is 9.31. The summed E-state index contributed by atoms with van der Waals surface area (Å²) in [7, 11) is 0. The van der Waals surface area contributed by atoms with E-state index in [4.69, 9.17) is 0 Å². The lowest BCUT2D eigenvalue weighted by Crippen LogP contribution is -2.53. The first-order valence-electron chi connectivity index (χ1n) is 10.3. The number of rotatable bonds is 2. The molecule has 23 heavy (non-hydrogen) atoms. The summed E-state index contributed by atoms with van der Waals surface area (Å²) in [6.45, 7) is 5.02. The second kappa shape index (κ2) is 5.73. The first-order chi connectivity index (χ1) is 11.0. The van der Waals surface area contributed by atoms with Gasteiger partial charge in [0.25, 0.3) is 0 Å². The molecule has 0 aromatic carbocycles. The molecule has 4 saturated carbocycles. The molecule has 132 valence electrons. The highest BCUT2D eigenvalue weighted by atomic mass is 16.3. The lowest BCUT2D eigenvalue weighted by molar-refractivity contribution is -0.122. The highest BCUT2D eigenvalue weighted by Crippen LogP contribution is 2.67. The molecule has 0 bridgehead atoms. The summed E-state index contributed by atoms with van der Waals surface area (Å²) >= 11 is 0. The minimum atomic E-state index is -0.497. The normalized spacial score (nSPS) is 54.0. The van der Waals surface area contributed by atoms with E-state index >= 15 is 0 Å². The van der Waals surface area contributed by atoms with Crippen molar-refractivity contribution in [1.29, 1.82) is 0 Å². The Kier molecular flexibility index (Phi) is 4.08. The van der Waals surface area contributed by atoms with Gasteiger partial charge in [-0.25, -0.2) is 0 Å². The van der Waals surface area contributed by atoms with Crippen molar-refractivity contribution in [2.45, 2.75) is 84.2 Å². The third-order valence-corrected chi connectivity index (χ3v) is 9.31. The number of hydrogen-bond acceptors (Lipinski definition) is 2. The van der Waals surface area contributed by atoms with Gasteiger partial charge in [-0.15, -0.1) is 0 Å². The van der Waals surface area contributed by atoms with Gasteiger partial charge in [-0.05, 0) is 91.8 Å². The molecule has 0 spiro atoms. The van der Waals surface area contributed by atoms with Gasteiger partial charge in [0.1, 0.15) is 0 Å². The first kappa shape index (κ1) is 16.4. The molecule has 8 atom stereocenters. The maximum atomic E-state index is 10.3. The van der Waals surface area contributed by atoms with Crippen molar-refractivity contribution in [2.75, 3.05) is 6.61 Å². The summed E-state index contributed by atoms with van der Waals surface area (Å²) in [6.07, 6.45) is 13.3. The van der Waals surface area contributed by atoms with E-state index in [2.05, 4.69) is 13.8 Å². The lowest BCUT2D eigenvalue weighted by atomic mass is 9.45. The summed E-state index contributed by atoms with van der Waals surface area (Å²) in [4.78, 5) is 0. The molecule has 0 saturated heterocycles. The Morgan fingerprint density at radius 3 is 2.43 bits per heavy atom. The fourth-order valence-electron chi connectivity index (χ4n) is 8.10. The number of hydrogen-bond donors (Lipinski definition) is 2. The zero-order chi connectivity index (χ0) is 16.2. The third kappa shape index (κ3) is 2.27. The van der Waals surface area contributed by atoms with Gasteiger partial charge in [-0.2, -0.15) is 0 Å². The van der Waals surface area contributed by atoms with Gasteiger partial charge >= 0.3 is 0 Å². The maximum Gasteiger partial charge on any atom is 0.0804 e. The maximum absolute atomic E-state index is 10.3. The molecule has 4 fully saturated rings. The largest absolute Gasteiger partial charge is 0.394 e. The molecule has 0 aromatic rings. The number of aliphatic hydroxyl groups excluding tert-OH is 2. The average molecular weight is 321 g/mol. The predicted octanol–water partition coefficient (Wildman–Crippen LogP) is 4.39. The molecule has 4 aliphatic carbocycles. The van der Waals surface area contributed by atoms with Crippen LogP contribution in [0.25, 0.3) is 0 Å². The standard InChI is InChI=1S/C21H36O2/c1-20-11-4-3-5-14(20)6-7-15-16-8-9-18(19(23)13-22)21(16,2)12-10-17(15)20/h14-19,22-23H,3-13H2,1-2H3/t14-,15-,16+,17-,18-,19+,20+,21+/m1/s1. The van der Waals surface area contributed by atoms with E-state index in [0.29, 0.717) is 11.3 Å². The molecule has 4 rings (SSSR count). The topological polar surface area (TPSA) is 40.5 Å². The quantitative estimate of drug-likeness (QED) is 0.792. The monoisotopic (exact) mass is 320 g/mol. The van der Waals surface area contributed by atoms with E-state index in [1.54, 1.807) is 0 Å². The predicted molar refractivity (Wildman–Crippen MR) is 92.9 cm³/mol. The zero-order valence-corrected chi connectivity index (χ0v) is 15.1. The Morgan fingerprint density at radius 1 is 0.870 bits per heavy atom. The van der Waals surface area contributed by atoms with Crippen molar-refractivity contribution in [3.63, 3.8) is 0 Å². The number of fused-ring (bicyclic) bond motifs is 5. The Morgan fingerprint density at radius 2 is 1.65 bits per heavy atom. The van der Waals surface area contributed by atoms with Crippen LogP contribution in [-0.2, 0) is 0 Å². The zero-order valence-electron chi connectivity index (χ0n) is 15.1. The van der Waals surface area contributed by atoms with Gasteiger partial charge in [0, 0.05) is 0 Å². The highest BCUT2D eigenvalue weighted by molar-refractivity contribution is 5.09. The number of aliphatic hydroxyl groups is 2. The van der Waals surface area contributed by atoms with Crippen LogP contribution in [0.4, 0.5) is 0 Å². The van der Waals surface area contributed by atoms with Crippen molar-refractivity contribution in [3.05, 3.63) is 0 Å². The summed E-state index contributed by atoms with van der Waals surface area (Å²) in [5, 5.41) is 19.8. The molecule has 0 radical (unpaired) electrons. The summed E-state index contributed by atoms with van der Waals surface area (Å²) in [6, 6.07) is 0. The van der Waals surface area contributed by atoms with Crippen molar-refractivity contribution >= 4 is 0 Å². The molecular formula is C21H36O2. The summed E-state index contributed by atoms with van der Waals surface area (Å²) in [5.41, 5.74) is 0.886. The molecular weight excluding hydrogens is 284 g/mol. The van der Waals surface area contributed by atoms with Crippen molar-refractivity contribution in [3.8, 4) is 0 Å². The van der Waals surface area contributed by atoms with Crippen LogP contribution in [0.1, 0.15) is 78.1 Å². The van der Waals surface area contributed by atoms with Crippen LogP contribution in [0.3, 0.4) is 0 Å². The highest BCUT2D eigenvalue weighted by Gasteiger charge is 2.60. The van der Waals surface area contributed by atoms with Gasteiger partial charge in [0.05, 0.1) is 12.7 Å². The van der Waals surface area contributed by atoms with Crippen LogP contribution in [-0.4, -0.2) is 22.9 Å². The summed E-state index contributed by atoms with van der Waals surface area (Å²) < 4.78 is 0. The Bertz CT molecular complexity index is 449. The van der Waals surface area contributed by atoms with Crippen LogP contribution in [0.2, 0.25) is 0 Å². The minimum Gasteiger partial charge on any atom is -0.394 e. The van der Waals surface area contributed by atoms with Crippen molar-refractivity contribution in [1.82, 2.24) is 0 Å². The van der Waals surface area contributed by atoms with Crippen LogP contribution in [0, 0.1) is 40.4 Å². The molecule has 2 N–H and O–H groups in total. The van der Waals surface area contributed by atoms with E-state index in [1.807, 2.05) is 0 Å². The first-order valence-corrected chi connectivity index (χ1v) is 10.3. The van der Waals surface area contributed by atoms with Crippen molar-refractivity contribution in [2.24, 2.45) is 40.4 Å². The van der Waals surface area contributed by atoms with E-state index in [9.17, 15) is 10.2 Å². The molecule has 2 nitrogen and oxygen atoms in total. The van der Waals surface area contributed by atoms with E-state index in [0.717, 1.165) is 30.1 Å². The van der Waals surface area contributed by atoms with Crippen LogP contribution >= 0.6 is 0 Å². The Labute approximate surface area is 142 Å². The van der Waals surface area contributed by atoms with Gasteiger partial charge in [0.2, 0.25) is 0 Å². The lowest BCUT2D eigenvalue weighted by Gasteiger charge is -2.60. The Hall–Kier alpha value is -0.0800. The van der Waals surface area contributed by atoms with Crippen molar-refractivity contribution < 1.29 is 10.2 Å². The average Bonchev–Trinajstić information content (AvgIpc) is 2.91. The van der Waals surface area contributed by atoms with E-state index in [1.165, 1.54) is 57.8 Å². The fourth-order valence-corrected chi connectivity index (χ4v) is 8.10. The molecule has 0 amide bonds. The van der Waals surface area contributed by atoms with Gasteiger partial charge in [-0.3, -0.25) is 0 Å². The Balaban J connectivity index is 1.60. The smallest absolute Gasteiger partial charge is 0.0804 e. The van der Waals surface area contributed by atoms with Gasteiger partial charge in [-0.1, -0.05) is 26.7 Å². The van der Waals surface area contributed by atoms with Crippen LogP contribution in [0.5, 0.6) is 0 Å². The van der Waals surface area contributed by atoms with Gasteiger partial charge in [0.15, 0.2) is 0 Å². The second-order valence-electron chi connectivity index (χ2n) is 9.88. The van der Waals surface area contributed by atoms with E-state index in [-0.39, 0.29) is 12.0 Å². The van der Waals surface area contributed by atoms with Crippen LogP contribution < -0.4 is 0 Å².